The molecular weight excluding hydrogens is 374 g/mol. The van der Waals surface area contributed by atoms with Gasteiger partial charge in [0, 0.05) is 19.9 Å². The third-order valence-electron chi connectivity index (χ3n) is 3.04. The zero-order chi connectivity index (χ0) is 15.6. The van der Waals surface area contributed by atoms with Gasteiger partial charge in [-0.05, 0) is 37.1 Å². The summed E-state index contributed by atoms with van der Waals surface area (Å²) >= 11 is 11.0. The van der Waals surface area contributed by atoms with Crippen LogP contribution in [0.25, 0.3) is 10.4 Å². The number of benzene rings is 1. The molecule has 0 amide bonds. The van der Waals surface area contributed by atoms with E-state index in [2.05, 4.69) is 15.9 Å². The van der Waals surface area contributed by atoms with E-state index >= 15 is 0 Å². The number of nitrogen functional groups attached to an aromatic ring is 1. The van der Waals surface area contributed by atoms with Gasteiger partial charge in [0.2, 0.25) is 0 Å². The number of hydrogen-bond acceptors (Lipinski definition) is 4. The van der Waals surface area contributed by atoms with Gasteiger partial charge in [-0.2, -0.15) is 0 Å². The van der Waals surface area contributed by atoms with Crippen LogP contribution < -0.4 is 5.73 Å². The number of carbonyl (C=O) groups is 1. The van der Waals surface area contributed by atoms with Crippen molar-refractivity contribution in [3.8, 4) is 10.4 Å². The average Bonchev–Trinajstić information content (AvgIpc) is 2.78. The zero-order valence-electron chi connectivity index (χ0n) is 11.7. The average molecular weight is 389 g/mol. The van der Waals surface area contributed by atoms with E-state index in [0.29, 0.717) is 22.2 Å². The van der Waals surface area contributed by atoms with Gasteiger partial charge in [0.25, 0.3) is 0 Å². The third-order valence-corrected chi connectivity index (χ3v) is 5.22. The summed E-state index contributed by atoms with van der Waals surface area (Å²) in [5, 5.41) is 0.639. The first-order valence-corrected chi connectivity index (χ1v) is 8.52. The van der Waals surface area contributed by atoms with Crippen LogP contribution in [-0.2, 0) is 11.2 Å². The fourth-order valence-corrected chi connectivity index (χ4v) is 4.05. The van der Waals surface area contributed by atoms with Crippen molar-refractivity contribution in [1.82, 2.24) is 0 Å². The number of anilines is 1. The van der Waals surface area contributed by atoms with Gasteiger partial charge in [-0.1, -0.05) is 34.5 Å². The molecule has 2 rings (SSSR count). The van der Waals surface area contributed by atoms with E-state index in [1.807, 2.05) is 25.1 Å². The number of rotatable bonds is 4. The molecule has 0 aliphatic rings. The predicted octanol–water partition coefficient (Wildman–Crippen LogP) is 5.15. The molecule has 1 heterocycles. The lowest BCUT2D eigenvalue weighted by atomic mass is 10.1. The minimum atomic E-state index is -0.376. The van der Waals surface area contributed by atoms with Crippen molar-refractivity contribution < 1.29 is 9.53 Å². The van der Waals surface area contributed by atoms with Gasteiger partial charge in [-0.25, -0.2) is 4.79 Å². The molecule has 0 aliphatic carbocycles. The van der Waals surface area contributed by atoms with Crippen molar-refractivity contribution in [2.24, 2.45) is 0 Å². The van der Waals surface area contributed by atoms with Crippen molar-refractivity contribution in [2.75, 3.05) is 12.3 Å². The lowest BCUT2D eigenvalue weighted by molar-refractivity contribution is 0.0533. The van der Waals surface area contributed by atoms with Crippen molar-refractivity contribution in [1.29, 1.82) is 0 Å². The summed E-state index contributed by atoms with van der Waals surface area (Å²) in [7, 11) is 0. The Balaban J connectivity index is 2.61. The van der Waals surface area contributed by atoms with Gasteiger partial charge in [-0.15, -0.1) is 11.3 Å². The number of carbonyl (C=O) groups excluding carboxylic acids is 1. The normalized spacial score (nSPS) is 10.7. The summed E-state index contributed by atoms with van der Waals surface area (Å²) in [5.41, 5.74) is 8.52. The van der Waals surface area contributed by atoms with Crippen LogP contribution in [0.2, 0.25) is 5.02 Å². The molecule has 0 saturated heterocycles. The fraction of sp³-hybridized carbons (Fsp3) is 0.267. The Bertz CT molecular complexity index is 685. The summed E-state index contributed by atoms with van der Waals surface area (Å²) < 4.78 is 5.98. The lowest BCUT2D eigenvalue weighted by Crippen LogP contribution is -2.05. The zero-order valence-corrected chi connectivity index (χ0v) is 14.9. The summed E-state index contributed by atoms with van der Waals surface area (Å²) in [6, 6.07) is 5.56. The van der Waals surface area contributed by atoms with Crippen LogP contribution in [0, 0.1) is 0 Å². The maximum Gasteiger partial charge on any atom is 0.350 e. The Kier molecular flexibility index (Phi) is 5.30. The van der Waals surface area contributed by atoms with E-state index in [1.165, 1.54) is 11.3 Å². The molecule has 2 N–H and O–H groups in total. The van der Waals surface area contributed by atoms with Crippen molar-refractivity contribution >= 4 is 50.5 Å². The Labute approximate surface area is 141 Å². The van der Waals surface area contributed by atoms with E-state index in [4.69, 9.17) is 22.1 Å². The first kappa shape index (κ1) is 16.3. The standard InChI is InChI=1S/C15H15BrClNO2S/c1-3-9-12(18)14(15(19)20-4-2)21-13(9)10-7-8(17)5-6-11(10)16/h5-7H,3-4,18H2,1-2H3. The molecule has 21 heavy (non-hydrogen) atoms. The molecule has 0 fully saturated rings. The topological polar surface area (TPSA) is 52.3 Å². The first-order chi connectivity index (χ1) is 9.99. The Morgan fingerprint density at radius 2 is 2.14 bits per heavy atom. The van der Waals surface area contributed by atoms with E-state index in [0.717, 1.165) is 26.9 Å². The SMILES string of the molecule is CCOC(=O)c1sc(-c2cc(Cl)ccc2Br)c(CC)c1N. The Hall–Kier alpha value is -1.04. The molecule has 0 atom stereocenters. The quantitative estimate of drug-likeness (QED) is 0.737. The number of ether oxygens (including phenoxy) is 1. The van der Waals surface area contributed by atoms with Crippen LogP contribution >= 0.6 is 38.9 Å². The number of esters is 1. The van der Waals surface area contributed by atoms with E-state index in [-0.39, 0.29) is 5.97 Å². The molecular formula is C15H15BrClNO2S. The largest absolute Gasteiger partial charge is 0.462 e. The molecule has 0 bridgehead atoms. The molecule has 0 spiro atoms. The molecule has 0 unspecified atom stereocenters. The smallest absolute Gasteiger partial charge is 0.350 e. The highest BCUT2D eigenvalue weighted by atomic mass is 79.9. The van der Waals surface area contributed by atoms with Crippen LogP contribution in [-0.4, -0.2) is 12.6 Å². The molecule has 0 saturated carbocycles. The van der Waals surface area contributed by atoms with Crippen LogP contribution in [0.3, 0.4) is 0 Å². The molecule has 1 aromatic heterocycles. The van der Waals surface area contributed by atoms with E-state index in [1.54, 1.807) is 6.92 Å². The third kappa shape index (κ3) is 3.25. The second kappa shape index (κ2) is 6.81. The highest BCUT2D eigenvalue weighted by molar-refractivity contribution is 9.10. The fourth-order valence-electron chi connectivity index (χ4n) is 2.07. The number of hydrogen-bond donors (Lipinski definition) is 1. The van der Waals surface area contributed by atoms with Crippen molar-refractivity contribution in [3.05, 3.63) is 38.1 Å². The molecule has 2 aromatic rings. The van der Waals surface area contributed by atoms with E-state index < -0.39 is 0 Å². The highest BCUT2D eigenvalue weighted by Crippen LogP contribution is 2.42. The van der Waals surface area contributed by atoms with Gasteiger partial charge >= 0.3 is 5.97 Å². The molecule has 0 aliphatic heterocycles. The first-order valence-electron chi connectivity index (χ1n) is 6.53. The van der Waals surface area contributed by atoms with Gasteiger partial charge in [0.15, 0.2) is 0 Å². The maximum absolute atomic E-state index is 12.0. The predicted molar refractivity (Wildman–Crippen MR) is 92.2 cm³/mol. The van der Waals surface area contributed by atoms with Crippen LogP contribution in [0.4, 0.5) is 5.69 Å². The highest BCUT2D eigenvalue weighted by Gasteiger charge is 2.22. The maximum atomic E-state index is 12.0. The number of thiophene rings is 1. The Morgan fingerprint density at radius 3 is 2.76 bits per heavy atom. The van der Waals surface area contributed by atoms with Gasteiger partial charge in [0.1, 0.15) is 4.88 Å². The van der Waals surface area contributed by atoms with Gasteiger partial charge in [0.05, 0.1) is 12.3 Å². The van der Waals surface area contributed by atoms with Gasteiger partial charge < -0.3 is 10.5 Å². The van der Waals surface area contributed by atoms with Crippen LogP contribution in [0.5, 0.6) is 0 Å². The second-order valence-electron chi connectivity index (χ2n) is 4.35. The molecule has 3 nitrogen and oxygen atoms in total. The van der Waals surface area contributed by atoms with E-state index in [9.17, 15) is 4.79 Å². The van der Waals surface area contributed by atoms with Crippen molar-refractivity contribution in [2.45, 2.75) is 20.3 Å². The Morgan fingerprint density at radius 1 is 1.43 bits per heavy atom. The second-order valence-corrected chi connectivity index (χ2v) is 6.66. The number of halogens is 2. The summed E-state index contributed by atoms with van der Waals surface area (Å²) in [6.07, 6.45) is 0.732. The molecule has 6 heteroatoms. The van der Waals surface area contributed by atoms with Gasteiger partial charge in [-0.3, -0.25) is 0 Å². The monoisotopic (exact) mass is 387 g/mol. The lowest BCUT2D eigenvalue weighted by Gasteiger charge is -2.06. The summed E-state index contributed by atoms with van der Waals surface area (Å²) in [4.78, 5) is 13.4. The van der Waals surface area contributed by atoms with Crippen molar-refractivity contribution in [3.63, 3.8) is 0 Å². The minimum Gasteiger partial charge on any atom is -0.462 e. The van der Waals surface area contributed by atoms with Crippen LogP contribution in [0.1, 0.15) is 29.1 Å². The summed E-state index contributed by atoms with van der Waals surface area (Å²) in [5.74, 6) is -0.376. The molecule has 1 aromatic carbocycles. The molecule has 112 valence electrons. The molecule has 0 radical (unpaired) electrons. The number of nitrogens with two attached hydrogens (primary N) is 1. The summed E-state index contributed by atoms with van der Waals surface area (Å²) in [6.45, 7) is 4.11. The minimum absolute atomic E-state index is 0.327. The van der Waals surface area contributed by atoms with Crippen LogP contribution in [0.15, 0.2) is 22.7 Å².